The number of hydrogen-bond acceptors (Lipinski definition) is 5. The van der Waals surface area contributed by atoms with Gasteiger partial charge in [-0.15, -0.1) is 11.3 Å². The maximum absolute atomic E-state index is 12.6. The number of esters is 1. The maximum atomic E-state index is 12.6. The lowest BCUT2D eigenvalue weighted by molar-refractivity contribution is 0.0594. The van der Waals surface area contributed by atoms with Gasteiger partial charge in [0.2, 0.25) is 0 Å². The van der Waals surface area contributed by atoms with Crippen LogP contribution in [-0.2, 0) is 17.8 Å². The van der Waals surface area contributed by atoms with E-state index >= 15 is 0 Å². The minimum absolute atomic E-state index is 0.135. The molecule has 2 aromatic rings. The van der Waals surface area contributed by atoms with E-state index in [1.54, 1.807) is 10.3 Å². The van der Waals surface area contributed by atoms with Crippen LogP contribution in [0.4, 0.5) is 4.79 Å². The van der Waals surface area contributed by atoms with Gasteiger partial charge in [0.05, 0.1) is 13.7 Å². The topological polar surface area (TPSA) is 71.5 Å². The summed E-state index contributed by atoms with van der Waals surface area (Å²) in [6.45, 7) is 5.72. The van der Waals surface area contributed by atoms with Crippen LogP contribution in [-0.4, -0.2) is 35.5 Å². The van der Waals surface area contributed by atoms with Crippen LogP contribution in [0.15, 0.2) is 35.7 Å². The van der Waals surface area contributed by atoms with Gasteiger partial charge >= 0.3 is 12.0 Å². The normalized spacial score (nSPS) is 10.6. The lowest BCUT2D eigenvalue weighted by Crippen LogP contribution is -2.40. The Labute approximate surface area is 158 Å². The van der Waals surface area contributed by atoms with Gasteiger partial charge in [0, 0.05) is 18.5 Å². The van der Waals surface area contributed by atoms with Gasteiger partial charge in [-0.25, -0.2) is 14.6 Å². The molecule has 1 aromatic carbocycles. The summed E-state index contributed by atoms with van der Waals surface area (Å²) in [4.78, 5) is 30.2. The van der Waals surface area contributed by atoms with E-state index in [0.717, 1.165) is 12.0 Å². The predicted octanol–water partition coefficient (Wildman–Crippen LogP) is 3.69. The number of nitrogens with zero attached hydrogens (tertiary/aromatic N) is 2. The summed E-state index contributed by atoms with van der Waals surface area (Å²) in [6, 6.07) is 9.65. The Hall–Kier alpha value is -2.41. The molecule has 0 radical (unpaired) electrons. The van der Waals surface area contributed by atoms with E-state index in [1.165, 1.54) is 18.4 Å². The van der Waals surface area contributed by atoms with Gasteiger partial charge in [0.25, 0.3) is 0 Å². The van der Waals surface area contributed by atoms with Crippen molar-refractivity contribution in [1.82, 2.24) is 15.2 Å². The molecule has 2 rings (SSSR count). The number of aromatic nitrogens is 1. The first-order chi connectivity index (χ1) is 12.5. The van der Waals surface area contributed by atoms with Gasteiger partial charge in [-0.3, -0.25) is 0 Å². The highest BCUT2D eigenvalue weighted by Crippen LogP contribution is 2.15. The first kappa shape index (κ1) is 19.9. The lowest BCUT2D eigenvalue weighted by atomic mass is 10.1. The van der Waals surface area contributed by atoms with Gasteiger partial charge in [-0.2, -0.15) is 0 Å². The van der Waals surface area contributed by atoms with Crippen LogP contribution < -0.4 is 5.32 Å². The fraction of sp³-hybridized carbons (Fsp3) is 0.421. The summed E-state index contributed by atoms with van der Waals surface area (Å²) in [7, 11) is 1.33. The number of ether oxygens (including phenoxy) is 1. The molecule has 0 spiro atoms. The molecule has 0 aliphatic carbocycles. The molecule has 0 aliphatic heterocycles. The van der Waals surface area contributed by atoms with Crippen LogP contribution in [0.1, 0.15) is 41.3 Å². The quantitative estimate of drug-likeness (QED) is 0.714. The third kappa shape index (κ3) is 6.15. The first-order valence-corrected chi connectivity index (χ1v) is 9.47. The minimum atomic E-state index is -0.463. The van der Waals surface area contributed by atoms with Gasteiger partial charge in [0.1, 0.15) is 5.01 Å². The van der Waals surface area contributed by atoms with E-state index in [0.29, 0.717) is 30.6 Å². The number of benzene rings is 1. The van der Waals surface area contributed by atoms with Crippen molar-refractivity contribution in [1.29, 1.82) is 0 Å². The molecule has 6 nitrogen and oxygen atoms in total. The molecule has 1 aromatic heterocycles. The van der Waals surface area contributed by atoms with Gasteiger partial charge in [0.15, 0.2) is 5.69 Å². The molecule has 0 saturated carbocycles. The summed E-state index contributed by atoms with van der Waals surface area (Å²) in [5.41, 5.74) is 1.33. The number of amides is 2. The Morgan fingerprint density at radius 3 is 2.65 bits per heavy atom. The Morgan fingerprint density at radius 1 is 1.27 bits per heavy atom. The molecule has 2 amide bonds. The van der Waals surface area contributed by atoms with Crippen LogP contribution in [0, 0.1) is 5.92 Å². The van der Waals surface area contributed by atoms with Crippen molar-refractivity contribution >= 4 is 23.3 Å². The monoisotopic (exact) mass is 375 g/mol. The SMILES string of the molecule is COC(=O)c1csc(CN(CCC(C)C)C(=O)NCc2ccccc2)n1. The standard InChI is InChI=1S/C19H25N3O3S/c1-14(2)9-10-22(12-17-21-16(13-26-17)18(23)25-3)19(24)20-11-15-7-5-4-6-8-15/h4-8,13-14H,9-12H2,1-3H3,(H,20,24). The fourth-order valence-electron chi connectivity index (χ4n) is 2.30. The number of hydrogen-bond donors (Lipinski definition) is 1. The van der Waals surface area contributed by atoms with E-state index in [4.69, 9.17) is 0 Å². The molecule has 0 bridgehead atoms. The van der Waals surface area contributed by atoms with Crippen molar-refractivity contribution < 1.29 is 14.3 Å². The number of urea groups is 1. The molecule has 7 heteroatoms. The molecule has 0 fully saturated rings. The zero-order valence-electron chi connectivity index (χ0n) is 15.4. The molecule has 0 unspecified atom stereocenters. The molecule has 1 N–H and O–H groups in total. The Bertz CT molecular complexity index is 716. The summed E-state index contributed by atoms with van der Waals surface area (Å²) in [6.07, 6.45) is 0.897. The van der Waals surface area contributed by atoms with E-state index < -0.39 is 5.97 Å². The van der Waals surface area contributed by atoms with Crippen molar-refractivity contribution in [2.75, 3.05) is 13.7 Å². The van der Waals surface area contributed by atoms with Gasteiger partial charge in [-0.1, -0.05) is 44.2 Å². The predicted molar refractivity (Wildman–Crippen MR) is 102 cm³/mol. The average Bonchev–Trinajstić information content (AvgIpc) is 3.11. The van der Waals surface area contributed by atoms with Crippen molar-refractivity contribution in [3.63, 3.8) is 0 Å². The lowest BCUT2D eigenvalue weighted by Gasteiger charge is -2.23. The van der Waals surface area contributed by atoms with Crippen molar-refractivity contribution in [2.45, 2.75) is 33.4 Å². The van der Waals surface area contributed by atoms with Crippen LogP contribution in [0.2, 0.25) is 0 Å². The maximum Gasteiger partial charge on any atom is 0.357 e. The van der Waals surface area contributed by atoms with E-state index in [2.05, 4.69) is 28.9 Å². The van der Waals surface area contributed by atoms with Crippen LogP contribution in [0.3, 0.4) is 0 Å². The number of methoxy groups -OCH3 is 1. The van der Waals surface area contributed by atoms with E-state index in [-0.39, 0.29) is 11.7 Å². The fourth-order valence-corrected chi connectivity index (χ4v) is 3.07. The Balaban J connectivity index is 2.00. The highest BCUT2D eigenvalue weighted by atomic mass is 32.1. The van der Waals surface area contributed by atoms with Crippen LogP contribution >= 0.6 is 11.3 Å². The van der Waals surface area contributed by atoms with Crippen molar-refractivity contribution in [3.8, 4) is 0 Å². The molecule has 1 heterocycles. The molecular formula is C19H25N3O3S. The zero-order valence-corrected chi connectivity index (χ0v) is 16.2. The Morgan fingerprint density at radius 2 is 2.00 bits per heavy atom. The number of carbonyl (C=O) groups is 2. The minimum Gasteiger partial charge on any atom is -0.464 e. The number of thiazole rings is 1. The Kier molecular flexibility index (Phi) is 7.59. The third-order valence-electron chi connectivity index (χ3n) is 3.82. The number of carbonyl (C=O) groups excluding carboxylic acids is 2. The molecule has 26 heavy (non-hydrogen) atoms. The van der Waals surface area contributed by atoms with Gasteiger partial charge < -0.3 is 15.0 Å². The average molecular weight is 375 g/mol. The number of nitrogens with one attached hydrogen (secondary N) is 1. The van der Waals surface area contributed by atoms with E-state index in [9.17, 15) is 9.59 Å². The molecule has 0 atom stereocenters. The largest absolute Gasteiger partial charge is 0.464 e. The molecule has 0 saturated heterocycles. The second-order valence-corrected chi connectivity index (χ2v) is 7.31. The summed E-state index contributed by atoms with van der Waals surface area (Å²) in [5, 5.41) is 5.32. The molecule has 140 valence electrons. The summed E-state index contributed by atoms with van der Waals surface area (Å²) in [5.74, 6) is 0.0242. The summed E-state index contributed by atoms with van der Waals surface area (Å²) >= 11 is 1.35. The number of rotatable bonds is 8. The zero-order chi connectivity index (χ0) is 18.9. The molecule has 0 aliphatic rings. The second-order valence-electron chi connectivity index (χ2n) is 6.37. The second kappa shape index (κ2) is 9.91. The van der Waals surface area contributed by atoms with Crippen molar-refractivity contribution in [2.24, 2.45) is 5.92 Å². The van der Waals surface area contributed by atoms with E-state index in [1.807, 2.05) is 30.3 Å². The van der Waals surface area contributed by atoms with Gasteiger partial charge in [-0.05, 0) is 17.9 Å². The summed E-state index contributed by atoms with van der Waals surface area (Å²) < 4.78 is 4.68. The third-order valence-corrected chi connectivity index (χ3v) is 4.66. The highest BCUT2D eigenvalue weighted by molar-refractivity contribution is 7.09. The van der Waals surface area contributed by atoms with Crippen LogP contribution in [0.5, 0.6) is 0 Å². The first-order valence-electron chi connectivity index (χ1n) is 8.59. The van der Waals surface area contributed by atoms with Crippen LogP contribution in [0.25, 0.3) is 0 Å². The molecular weight excluding hydrogens is 350 g/mol. The highest BCUT2D eigenvalue weighted by Gasteiger charge is 2.18. The van der Waals surface area contributed by atoms with Crippen molar-refractivity contribution in [3.05, 3.63) is 52.0 Å². The smallest absolute Gasteiger partial charge is 0.357 e.